The van der Waals surface area contributed by atoms with Crippen molar-refractivity contribution in [3.8, 4) is 0 Å². The zero-order chi connectivity index (χ0) is 9.28. The van der Waals surface area contributed by atoms with Crippen molar-refractivity contribution < 1.29 is 19.7 Å². The number of aliphatic hydroxyl groups is 1. The summed E-state index contributed by atoms with van der Waals surface area (Å²) in [6.07, 6.45) is 0.120. The van der Waals surface area contributed by atoms with Gasteiger partial charge in [0.05, 0.1) is 0 Å². The van der Waals surface area contributed by atoms with Gasteiger partial charge in [0.15, 0.2) is 0 Å². The van der Waals surface area contributed by atoms with Crippen molar-refractivity contribution >= 4 is 5.97 Å². The predicted molar refractivity (Wildman–Crippen MR) is 40.2 cm³/mol. The lowest BCUT2D eigenvalue weighted by Gasteiger charge is -2.00. The van der Waals surface area contributed by atoms with Crippen LogP contribution in [0.25, 0.3) is 0 Å². The molecule has 0 aromatic rings. The summed E-state index contributed by atoms with van der Waals surface area (Å²) in [4.78, 5) is 9.85. The van der Waals surface area contributed by atoms with E-state index in [1.165, 1.54) is 0 Å². The lowest BCUT2D eigenvalue weighted by Crippen LogP contribution is -2.30. The van der Waals surface area contributed by atoms with Gasteiger partial charge in [-0.2, -0.15) is 0 Å². The van der Waals surface area contributed by atoms with Gasteiger partial charge in [-0.25, -0.2) is 0 Å². The lowest BCUT2D eigenvalue weighted by atomic mass is 10.2. The molecule has 5 nitrogen and oxygen atoms in total. The molecule has 0 aliphatic rings. The van der Waals surface area contributed by atoms with Gasteiger partial charge in [0.25, 0.3) is 0 Å². The van der Waals surface area contributed by atoms with Gasteiger partial charge in [-0.1, -0.05) is 0 Å². The minimum atomic E-state index is -1.07. The molecule has 4 N–H and O–H groups in total. The van der Waals surface area contributed by atoms with Crippen molar-refractivity contribution in [2.45, 2.75) is 12.5 Å². The number of carboxylic acids is 1. The van der Waals surface area contributed by atoms with Crippen LogP contribution in [0.15, 0.2) is 0 Å². The Bertz CT molecular complexity index is 96.6. The van der Waals surface area contributed by atoms with Crippen LogP contribution in [0.4, 0.5) is 0 Å². The highest BCUT2D eigenvalue weighted by Gasteiger charge is 2.08. The lowest BCUT2D eigenvalue weighted by molar-refractivity contribution is -0.138. The number of carbonyl (C=O) groups is 1. The molecule has 0 unspecified atom stereocenters. The number of ether oxygens (including phenoxy) is 1. The normalized spacial score (nSPS) is 11.3. The molecule has 0 rings (SSSR count). The Morgan fingerprint density at radius 3 is 2.09 bits per heavy atom. The van der Waals surface area contributed by atoms with Crippen molar-refractivity contribution in [1.82, 2.24) is 0 Å². The van der Waals surface area contributed by atoms with Crippen LogP contribution < -0.4 is 5.73 Å². The second kappa shape index (κ2) is 9.35. The second-order valence-electron chi connectivity index (χ2n) is 1.87. The van der Waals surface area contributed by atoms with Crippen molar-refractivity contribution in [3.05, 3.63) is 0 Å². The summed E-state index contributed by atoms with van der Waals surface area (Å²) in [6.45, 7) is -0.173. The number of rotatable bonds is 3. The average molecular weight is 165 g/mol. The van der Waals surface area contributed by atoms with Crippen LogP contribution in [-0.4, -0.2) is 43.1 Å². The molecular weight excluding hydrogens is 150 g/mol. The molecule has 0 fully saturated rings. The monoisotopic (exact) mass is 165 g/mol. The molecule has 0 aromatic carbocycles. The van der Waals surface area contributed by atoms with E-state index in [4.69, 9.17) is 15.9 Å². The molecular formula is C6H15NO4. The maximum absolute atomic E-state index is 9.85. The first-order valence-electron chi connectivity index (χ1n) is 3.09. The second-order valence-corrected chi connectivity index (χ2v) is 1.87. The number of carboxylic acid groups (broad SMARTS) is 1. The van der Waals surface area contributed by atoms with Gasteiger partial charge in [-0.05, 0) is 6.42 Å². The fraction of sp³-hybridized carbons (Fsp3) is 0.833. The third-order valence-electron chi connectivity index (χ3n) is 0.757. The number of nitrogens with two attached hydrogens (primary N) is 1. The van der Waals surface area contributed by atoms with E-state index < -0.39 is 12.0 Å². The maximum Gasteiger partial charge on any atom is 0.320 e. The fourth-order valence-corrected chi connectivity index (χ4v) is 0.263. The van der Waals surface area contributed by atoms with Gasteiger partial charge in [-0.15, -0.1) is 0 Å². The van der Waals surface area contributed by atoms with Crippen LogP contribution in [-0.2, 0) is 9.53 Å². The molecule has 68 valence electrons. The molecule has 0 radical (unpaired) electrons. The topological polar surface area (TPSA) is 92.8 Å². The zero-order valence-electron chi connectivity index (χ0n) is 6.78. The first-order valence-corrected chi connectivity index (χ1v) is 3.09. The highest BCUT2D eigenvalue weighted by molar-refractivity contribution is 5.72. The summed E-state index contributed by atoms with van der Waals surface area (Å²) in [7, 11) is 3.25. The maximum atomic E-state index is 9.85. The van der Waals surface area contributed by atoms with Crippen LogP contribution in [0.2, 0.25) is 0 Å². The SMILES string of the molecule is COC.N[C@@H](CCO)C(=O)O. The van der Waals surface area contributed by atoms with E-state index in [2.05, 4.69) is 4.74 Å². The summed E-state index contributed by atoms with van der Waals surface area (Å²) in [5.41, 5.74) is 4.97. The molecule has 11 heavy (non-hydrogen) atoms. The third-order valence-corrected chi connectivity index (χ3v) is 0.757. The molecule has 0 saturated carbocycles. The summed E-state index contributed by atoms with van der Waals surface area (Å²) in [5.74, 6) is -1.07. The molecule has 0 bridgehead atoms. The van der Waals surface area contributed by atoms with Crippen LogP contribution in [0.3, 0.4) is 0 Å². The predicted octanol–water partition coefficient (Wildman–Crippen LogP) is -0.957. The van der Waals surface area contributed by atoms with Crippen molar-refractivity contribution in [2.24, 2.45) is 5.73 Å². The van der Waals surface area contributed by atoms with E-state index in [1.54, 1.807) is 14.2 Å². The molecule has 0 aromatic heterocycles. The smallest absolute Gasteiger partial charge is 0.320 e. The van der Waals surface area contributed by atoms with Crippen LogP contribution in [0, 0.1) is 0 Å². The van der Waals surface area contributed by atoms with Gasteiger partial charge in [0.2, 0.25) is 0 Å². The molecule has 5 heteroatoms. The van der Waals surface area contributed by atoms with E-state index in [0.29, 0.717) is 0 Å². The Balaban J connectivity index is 0. The highest BCUT2D eigenvalue weighted by atomic mass is 16.4. The molecule has 0 amide bonds. The van der Waals surface area contributed by atoms with Gasteiger partial charge < -0.3 is 20.7 Å². The van der Waals surface area contributed by atoms with Gasteiger partial charge in [-0.3, -0.25) is 4.79 Å². The molecule has 0 saturated heterocycles. The van der Waals surface area contributed by atoms with Crippen molar-refractivity contribution in [3.63, 3.8) is 0 Å². The Morgan fingerprint density at radius 2 is 2.00 bits per heavy atom. The quantitative estimate of drug-likeness (QED) is 0.501. The number of aliphatic hydroxyl groups excluding tert-OH is 1. The van der Waals surface area contributed by atoms with Crippen LogP contribution >= 0.6 is 0 Å². The first-order chi connectivity index (χ1) is 5.09. The van der Waals surface area contributed by atoms with E-state index in [9.17, 15) is 4.79 Å². The summed E-state index contributed by atoms with van der Waals surface area (Å²) >= 11 is 0. The van der Waals surface area contributed by atoms with E-state index in [1.807, 2.05) is 0 Å². The van der Waals surface area contributed by atoms with E-state index >= 15 is 0 Å². The van der Waals surface area contributed by atoms with E-state index in [-0.39, 0.29) is 13.0 Å². The Kier molecular flexibility index (Phi) is 11.0. The first kappa shape index (κ1) is 13.0. The van der Waals surface area contributed by atoms with Gasteiger partial charge >= 0.3 is 5.97 Å². The van der Waals surface area contributed by atoms with Gasteiger partial charge in [0.1, 0.15) is 6.04 Å². The number of hydrogen-bond acceptors (Lipinski definition) is 4. The highest BCUT2D eigenvalue weighted by Crippen LogP contribution is 1.83. The molecule has 0 heterocycles. The number of hydrogen-bond donors (Lipinski definition) is 3. The Morgan fingerprint density at radius 1 is 1.64 bits per heavy atom. The van der Waals surface area contributed by atoms with Crippen molar-refractivity contribution in [1.29, 1.82) is 0 Å². The summed E-state index contributed by atoms with van der Waals surface area (Å²) in [5, 5.41) is 16.2. The van der Waals surface area contributed by atoms with Crippen molar-refractivity contribution in [2.75, 3.05) is 20.8 Å². The van der Waals surface area contributed by atoms with E-state index in [0.717, 1.165) is 0 Å². The summed E-state index contributed by atoms with van der Waals surface area (Å²) in [6, 6.07) is -0.917. The Labute approximate surface area is 65.8 Å². The minimum Gasteiger partial charge on any atom is -0.480 e. The third kappa shape index (κ3) is 12.5. The number of methoxy groups -OCH3 is 1. The number of aliphatic carboxylic acids is 1. The minimum absolute atomic E-state index is 0.120. The van der Waals surface area contributed by atoms with Crippen LogP contribution in [0.5, 0.6) is 0 Å². The molecule has 0 spiro atoms. The summed E-state index contributed by atoms with van der Waals surface area (Å²) < 4.78 is 4.25. The fourth-order valence-electron chi connectivity index (χ4n) is 0.263. The molecule has 0 aliphatic heterocycles. The Hall–Kier alpha value is -0.650. The van der Waals surface area contributed by atoms with Crippen LogP contribution in [0.1, 0.15) is 6.42 Å². The largest absolute Gasteiger partial charge is 0.480 e. The molecule has 1 atom stereocenters. The zero-order valence-corrected chi connectivity index (χ0v) is 6.78. The molecule has 0 aliphatic carbocycles. The standard InChI is InChI=1S/C4H9NO3.C2H6O/c5-3(1-2-6)4(7)8;1-3-2/h3,6H,1-2,5H2,(H,7,8);1-2H3/t3-;/m0./s1. The van der Waals surface area contributed by atoms with Gasteiger partial charge in [0, 0.05) is 20.8 Å². The average Bonchev–Trinajstić information content (AvgIpc) is 1.90.